The minimum atomic E-state index is -1.01. The SMILES string of the molecule is O=C(CCC(=O)NCCc1ccc(Cl)c(Cl)c1)NCCCCNc1nc2cc(C(=O)O)ccc2c2cnccc12. The Hall–Kier alpha value is -3.95. The third kappa shape index (κ3) is 7.80. The van der Waals surface area contributed by atoms with Crippen LogP contribution in [0.5, 0.6) is 0 Å². The number of pyridine rings is 2. The molecule has 0 aliphatic carbocycles. The van der Waals surface area contributed by atoms with Gasteiger partial charge in [-0.3, -0.25) is 14.6 Å². The maximum Gasteiger partial charge on any atom is 0.335 e. The van der Waals surface area contributed by atoms with Gasteiger partial charge < -0.3 is 21.1 Å². The second-order valence-electron chi connectivity index (χ2n) is 9.25. The summed E-state index contributed by atoms with van der Waals surface area (Å²) in [6, 6.07) is 12.1. The first-order chi connectivity index (χ1) is 19.3. The maximum atomic E-state index is 12.1. The zero-order chi connectivity index (χ0) is 28.5. The second-order valence-corrected chi connectivity index (χ2v) is 10.1. The van der Waals surface area contributed by atoms with Crippen LogP contribution in [0.3, 0.4) is 0 Å². The average molecular weight is 582 g/mol. The van der Waals surface area contributed by atoms with Crippen LogP contribution in [0.25, 0.3) is 21.7 Å². The lowest BCUT2D eigenvalue weighted by molar-refractivity contribution is -0.126. The van der Waals surface area contributed by atoms with E-state index in [1.165, 1.54) is 0 Å². The number of anilines is 1. The quantitative estimate of drug-likeness (QED) is 0.125. The van der Waals surface area contributed by atoms with E-state index in [4.69, 9.17) is 23.2 Å². The summed E-state index contributed by atoms with van der Waals surface area (Å²) in [4.78, 5) is 44.4. The number of hydrogen-bond donors (Lipinski definition) is 4. The molecule has 0 unspecified atom stereocenters. The highest BCUT2D eigenvalue weighted by atomic mass is 35.5. The Morgan fingerprint density at radius 1 is 0.800 bits per heavy atom. The molecular weight excluding hydrogens is 553 g/mol. The van der Waals surface area contributed by atoms with Gasteiger partial charge in [0.15, 0.2) is 0 Å². The number of carboxylic acids is 1. The Morgan fingerprint density at radius 2 is 1.55 bits per heavy atom. The van der Waals surface area contributed by atoms with E-state index in [-0.39, 0.29) is 30.2 Å². The average Bonchev–Trinajstić information content (AvgIpc) is 2.95. The van der Waals surface area contributed by atoms with E-state index in [0.717, 1.165) is 34.6 Å². The molecule has 4 N–H and O–H groups in total. The molecule has 0 spiro atoms. The Morgan fingerprint density at radius 3 is 2.30 bits per heavy atom. The van der Waals surface area contributed by atoms with Crippen LogP contribution in [0.4, 0.5) is 5.82 Å². The van der Waals surface area contributed by atoms with Crippen molar-refractivity contribution < 1.29 is 19.5 Å². The maximum absolute atomic E-state index is 12.1. The second kappa shape index (κ2) is 13.9. The van der Waals surface area contributed by atoms with Crippen molar-refractivity contribution in [1.29, 1.82) is 0 Å². The van der Waals surface area contributed by atoms with Crippen LogP contribution in [0.2, 0.25) is 10.0 Å². The van der Waals surface area contributed by atoms with E-state index >= 15 is 0 Å². The minimum absolute atomic E-state index is 0.119. The fourth-order valence-electron chi connectivity index (χ4n) is 4.25. The number of halogens is 2. The number of benzene rings is 2. The van der Waals surface area contributed by atoms with Crippen molar-refractivity contribution in [3.63, 3.8) is 0 Å². The first-order valence-corrected chi connectivity index (χ1v) is 13.7. The molecule has 2 amide bonds. The number of rotatable bonds is 13. The molecule has 0 saturated heterocycles. The molecule has 0 bridgehead atoms. The van der Waals surface area contributed by atoms with Crippen molar-refractivity contribution in [3.8, 4) is 0 Å². The number of amides is 2. The highest BCUT2D eigenvalue weighted by Crippen LogP contribution is 2.29. The van der Waals surface area contributed by atoms with Crippen molar-refractivity contribution in [2.75, 3.05) is 25.0 Å². The predicted octanol–water partition coefficient (Wildman–Crippen LogP) is 5.24. The number of nitrogens with zero attached hydrogens (tertiary/aromatic N) is 2. The van der Waals surface area contributed by atoms with Gasteiger partial charge in [-0.15, -0.1) is 0 Å². The monoisotopic (exact) mass is 581 g/mol. The Bertz CT molecular complexity index is 1550. The summed E-state index contributed by atoms with van der Waals surface area (Å²) in [6.45, 7) is 1.56. The molecule has 11 heteroatoms. The van der Waals surface area contributed by atoms with E-state index in [2.05, 4.69) is 25.9 Å². The van der Waals surface area contributed by atoms with Gasteiger partial charge in [0.05, 0.1) is 21.1 Å². The highest BCUT2D eigenvalue weighted by Gasteiger charge is 2.11. The summed E-state index contributed by atoms with van der Waals surface area (Å²) in [5, 5.41) is 21.9. The molecule has 40 heavy (non-hydrogen) atoms. The molecule has 0 aliphatic heterocycles. The van der Waals surface area contributed by atoms with Gasteiger partial charge in [0.1, 0.15) is 5.82 Å². The summed E-state index contributed by atoms with van der Waals surface area (Å²) < 4.78 is 0. The molecule has 9 nitrogen and oxygen atoms in total. The van der Waals surface area contributed by atoms with Gasteiger partial charge in [-0.05, 0) is 55.2 Å². The lowest BCUT2D eigenvalue weighted by Gasteiger charge is -2.12. The van der Waals surface area contributed by atoms with Crippen LogP contribution in [0.1, 0.15) is 41.6 Å². The van der Waals surface area contributed by atoms with Crippen molar-refractivity contribution in [2.45, 2.75) is 32.1 Å². The van der Waals surface area contributed by atoms with Gasteiger partial charge in [-0.1, -0.05) is 35.3 Å². The highest BCUT2D eigenvalue weighted by molar-refractivity contribution is 6.42. The normalized spacial score (nSPS) is 10.9. The standard InChI is InChI=1S/C29H29Cl2N5O4/c30-23-6-3-18(15-24(23)31)9-14-34-27(38)8-7-26(37)33-11-1-2-12-35-28-21-10-13-32-17-22(21)20-5-4-19(29(39)40)16-25(20)36-28/h3-6,10,13,15-17H,1-2,7-9,11-12,14H2,(H,33,37)(H,34,38)(H,35,36)(H,39,40). The molecule has 0 atom stereocenters. The van der Waals surface area contributed by atoms with Crippen LogP contribution in [-0.2, 0) is 16.0 Å². The summed E-state index contributed by atoms with van der Waals surface area (Å²) in [5.74, 6) is -0.703. The lowest BCUT2D eigenvalue weighted by atomic mass is 10.1. The summed E-state index contributed by atoms with van der Waals surface area (Å²) in [5.41, 5.74) is 1.72. The number of carbonyl (C=O) groups is 3. The number of aromatic carboxylic acids is 1. The molecule has 4 aromatic rings. The van der Waals surface area contributed by atoms with Crippen LogP contribution in [0, 0.1) is 0 Å². The molecule has 0 radical (unpaired) electrons. The Kier molecular flexibility index (Phi) is 10.1. The summed E-state index contributed by atoms with van der Waals surface area (Å²) in [6.07, 6.45) is 5.81. The smallest absolute Gasteiger partial charge is 0.335 e. The van der Waals surface area contributed by atoms with Gasteiger partial charge >= 0.3 is 5.97 Å². The first kappa shape index (κ1) is 29.0. The molecule has 2 aromatic heterocycles. The molecular formula is C29H29Cl2N5O4. The number of fused-ring (bicyclic) bond motifs is 3. The van der Waals surface area contributed by atoms with Crippen molar-refractivity contribution in [3.05, 3.63) is 76.0 Å². The first-order valence-electron chi connectivity index (χ1n) is 12.9. The molecule has 2 heterocycles. The Labute approximate surface area is 241 Å². The molecule has 0 saturated carbocycles. The van der Waals surface area contributed by atoms with Crippen molar-refractivity contribution in [1.82, 2.24) is 20.6 Å². The topological polar surface area (TPSA) is 133 Å². The third-order valence-corrected chi connectivity index (χ3v) is 7.10. The van der Waals surface area contributed by atoms with E-state index < -0.39 is 5.97 Å². The molecule has 2 aromatic carbocycles. The Balaban J connectivity index is 1.16. The fourth-order valence-corrected chi connectivity index (χ4v) is 4.57. The largest absolute Gasteiger partial charge is 0.478 e. The molecule has 0 fully saturated rings. The van der Waals surface area contributed by atoms with Crippen molar-refractivity contribution in [2.24, 2.45) is 0 Å². The number of carboxylic acid groups (broad SMARTS) is 1. The van der Waals surface area contributed by atoms with Crippen LogP contribution in [-0.4, -0.2) is 52.5 Å². The number of carbonyl (C=O) groups excluding carboxylic acids is 2. The zero-order valence-corrected chi connectivity index (χ0v) is 23.2. The number of unbranched alkanes of at least 4 members (excludes halogenated alkanes) is 1. The minimum Gasteiger partial charge on any atom is -0.478 e. The number of hydrogen-bond acceptors (Lipinski definition) is 6. The zero-order valence-electron chi connectivity index (χ0n) is 21.7. The van der Waals surface area contributed by atoms with Crippen LogP contribution in [0.15, 0.2) is 54.9 Å². The van der Waals surface area contributed by atoms with E-state index in [0.29, 0.717) is 47.4 Å². The third-order valence-electron chi connectivity index (χ3n) is 6.36. The van der Waals surface area contributed by atoms with Gasteiger partial charge in [-0.2, -0.15) is 0 Å². The number of aromatic nitrogens is 2. The van der Waals surface area contributed by atoms with Crippen LogP contribution < -0.4 is 16.0 Å². The molecule has 0 aliphatic rings. The number of nitrogens with one attached hydrogen (secondary N) is 3. The molecule has 4 rings (SSSR count). The van der Waals surface area contributed by atoms with E-state index in [9.17, 15) is 19.5 Å². The van der Waals surface area contributed by atoms with Gasteiger partial charge in [-0.25, -0.2) is 9.78 Å². The van der Waals surface area contributed by atoms with Gasteiger partial charge in [0.2, 0.25) is 11.8 Å². The predicted molar refractivity (Wildman–Crippen MR) is 157 cm³/mol. The summed E-state index contributed by atoms with van der Waals surface area (Å²) >= 11 is 11.9. The fraction of sp³-hybridized carbons (Fsp3) is 0.276. The van der Waals surface area contributed by atoms with Crippen molar-refractivity contribution >= 4 is 68.5 Å². The molecule has 208 valence electrons. The van der Waals surface area contributed by atoms with E-state index in [1.54, 1.807) is 42.7 Å². The lowest BCUT2D eigenvalue weighted by Crippen LogP contribution is -2.29. The van der Waals surface area contributed by atoms with Gasteiger partial charge in [0, 0.05) is 61.0 Å². The van der Waals surface area contributed by atoms with Crippen LogP contribution >= 0.6 is 23.2 Å². The summed E-state index contributed by atoms with van der Waals surface area (Å²) in [7, 11) is 0. The van der Waals surface area contributed by atoms with Gasteiger partial charge in [0.25, 0.3) is 0 Å². The van der Waals surface area contributed by atoms with E-state index in [1.807, 2.05) is 12.1 Å².